The Labute approximate surface area is 208 Å². The Morgan fingerprint density at radius 2 is 1.00 bits per heavy atom. The van der Waals surface area contributed by atoms with Crippen molar-refractivity contribution < 1.29 is 9.47 Å². The van der Waals surface area contributed by atoms with E-state index in [1.54, 1.807) is 0 Å². The number of likely N-dealkylation sites (N-methyl/N-ethyl adjacent to an activating group) is 2. The lowest BCUT2D eigenvalue weighted by molar-refractivity contribution is 0.261. The quantitative estimate of drug-likeness (QED) is 0.396. The van der Waals surface area contributed by atoms with Crippen molar-refractivity contribution in [2.45, 2.75) is 16.2 Å². The fourth-order valence-electron chi connectivity index (χ4n) is 3.39. The van der Waals surface area contributed by atoms with Crippen molar-refractivity contribution in [2.75, 3.05) is 54.5 Å². The Bertz CT molecular complexity index is 718. The van der Waals surface area contributed by atoms with E-state index < -0.39 is 4.33 Å². The molecule has 2 aromatic carbocycles. The molecule has 2 atom stereocenters. The molecule has 4 nitrogen and oxygen atoms in total. The van der Waals surface area contributed by atoms with Crippen molar-refractivity contribution in [3.8, 4) is 11.5 Å². The molecule has 0 N–H and O–H groups in total. The van der Waals surface area contributed by atoms with Gasteiger partial charge in [0.15, 0.2) is 0 Å². The number of alkyl halides is 2. The zero-order chi connectivity index (χ0) is 21.0. The van der Waals surface area contributed by atoms with Gasteiger partial charge in [0.05, 0.1) is 0 Å². The van der Waals surface area contributed by atoms with Crippen LogP contribution in [-0.4, -0.2) is 68.6 Å². The molecule has 1 aliphatic rings. The number of hydrogen-bond donors (Lipinski definition) is 0. The molecule has 174 valence electrons. The third-order valence-corrected chi connectivity index (χ3v) is 6.09. The van der Waals surface area contributed by atoms with E-state index in [1.165, 1.54) is 0 Å². The molecule has 0 amide bonds. The molecular formula is C23H32Cl4N2O2. The van der Waals surface area contributed by atoms with Crippen molar-refractivity contribution in [1.82, 2.24) is 9.80 Å². The second kappa shape index (κ2) is 12.4. The molecule has 0 heterocycles. The zero-order valence-corrected chi connectivity index (χ0v) is 21.5. The molecule has 2 unspecified atom stereocenters. The Morgan fingerprint density at radius 3 is 1.29 bits per heavy atom. The van der Waals surface area contributed by atoms with Crippen LogP contribution >= 0.6 is 48.0 Å². The summed E-state index contributed by atoms with van der Waals surface area (Å²) < 4.78 is 10.8. The SMILES string of the molecule is CN(C)CCOc1ccc(C2C(c3ccc(OCCN(C)C)cc3)C2(Cl)Cl)cc1.Cl.Cl. The van der Waals surface area contributed by atoms with E-state index in [-0.39, 0.29) is 36.6 Å². The molecule has 2 aromatic rings. The van der Waals surface area contributed by atoms with E-state index in [0.29, 0.717) is 13.2 Å². The number of rotatable bonds is 10. The first-order valence-electron chi connectivity index (χ1n) is 9.92. The first kappa shape index (κ1) is 28.2. The van der Waals surface area contributed by atoms with Gasteiger partial charge in [-0.1, -0.05) is 24.3 Å². The summed E-state index contributed by atoms with van der Waals surface area (Å²) in [4.78, 5) is 4.19. The van der Waals surface area contributed by atoms with E-state index in [4.69, 9.17) is 32.7 Å². The summed E-state index contributed by atoms with van der Waals surface area (Å²) >= 11 is 13.3. The third-order valence-electron chi connectivity index (χ3n) is 5.15. The lowest BCUT2D eigenvalue weighted by atomic mass is 10.0. The summed E-state index contributed by atoms with van der Waals surface area (Å²) in [5.74, 6) is 1.87. The molecule has 0 aromatic heterocycles. The highest BCUT2D eigenvalue weighted by Crippen LogP contribution is 2.70. The largest absolute Gasteiger partial charge is 0.492 e. The van der Waals surface area contributed by atoms with E-state index in [2.05, 4.69) is 34.1 Å². The first-order valence-corrected chi connectivity index (χ1v) is 10.7. The zero-order valence-electron chi connectivity index (χ0n) is 18.4. The van der Waals surface area contributed by atoms with Gasteiger partial charge < -0.3 is 19.3 Å². The van der Waals surface area contributed by atoms with Crippen molar-refractivity contribution in [3.05, 3.63) is 59.7 Å². The minimum Gasteiger partial charge on any atom is -0.492 e. The number of halogens is 4. The van der Waals surface area contributed by atoms with Crippen LogP contribution in [0.15, 0.2) is 48.5 Å². The van der Waals surface area contributed by atoms with Crippen LogP contribution in [-0.2, 0) is 0 Å². The van der Waals surface area contributed by atoms with Gasteiger partial charge in [-0.25, -0.2) is 0 Å². The van der Waals surface area contributed by atoms with Crippen LogP contribution in [0.1, 0.15) is 23.0 Å². The van der Waals surface area contributed by atoms with Gasteiger partial charge in [-0.3, -0.25) is 0 Å². The summed E-state index contributed by atoms with van der Waals surface area (Å²) in [6.45, 7) is 3.09. The maximum absolute atomic E-state index is 6.65. The van der Waals surface area contributed by atoms with Crippen molar-refractivity contribution in [2.24, 2.45) is 0 Å². The molecule has 0 saturated heterocycles. The molecule has 8 heteroatoms. The van der Waals surface area contributed by atoms with Crippen molar-refractivity contribution in [1.29, 1.82) is 0 Å². The third kappa shape index (κ3) is 7.59. The van der Waals surface area contributed by atoms with Gasteiger partial charge in [-0.15, -0.1) is 48.0 Å². The molecule has 31 heavy (non-hydrogen) atoms. The van der Waals surface area contributed by atoms with Crippen LogP contribution in [0.4, 0.5) is 0 Å². The summed E-state index contributed by atoms with van der Waals surface area (Å²) in [6, 6.07) is 16.2. The van der Waals surface area contributed by atoms with E-state index in [9.17, 15) is 0 Å². The molecule has 1 saturated carbocycles. The summed E-state index contributed by atoms with van der Waals surface area (Å²) in [7, 11) is 8.12. The van der Waals surface area contributed by atoms with Crippen LogP contribution in [0.2, 0.25) is 0 Å². The molecule has 0 aliphatic heterocycles. The van der Waals surface area contributed by atoms with E-state index in [1.807, 2.05) is 52.5 Å². The van der Waals surface area contributed by atoms with Gasteiger partial charge in [0.1, 0.15) is 29.0 Å². The van der Waals surface area contributed by atoms with Crippen molar-refractivity contribution >= 4 is 48.0 Å². The van der Waals surface area contributed by atoms with Gasteiger partial charge in [0, 0.05) is 24.9 Å². The van der Waals surface area contributed by atoms with Crippen LogP contribution in [0.3, 0.4) is 0 Å². The highest BCUT2D eigenvalue weighted by atomic mass is 35.5. The Morgan fingerprint density at radius 1 is 0.677 bits per heavy atom. The molecule has 0 bridgehead atoms. The standard InChI is InChI=1S/C23H30Cl2N2O2.2ClH/c1-26(2)13-15-28-19-9-5-17(6-10-19)21-22(23(21,24)25)18-7-11-20(12-8-18)29-16-14-27(3)4;;/h5-12,21-22H,13-16H2,1-4H3;2*1H. The summed E-state index contributed by atoms with van der Waals surface area (Å²) in [5.41, 5.74) is 2.26. The number of nitrogens with zero attached hydrogens (tertiary/aromatic N) is 2. The van der Waals surface area contributed by atoms with E-state index in [0.717, 1.165) is 35.7 Å². The predicted molar refractivity (Wildman–Crippen MR) is 135 cm³/mol. The average Bonchev–Trinajstić information content (AvgIpc) is 3.24. The fourth-order valence-corrected chi connectivity index (χ4v) is 4.27. The smallest absolute Gasteiger partial charge is 0.133 e. The van der Waals surface area contributed by atoms with Gasteiger partial charge in [0.25, 0.3) is 0 Å². The number of benzene rings is 2. The topological polar surface area (TPSA) is 24.9 Å². The Hall–Kier alpha value is -0.880. The first-order chi connectivity index (χ1) is 13.8. The average molecular weight is 510 g/mol. The number of ether oxygens (including phenoxy) is 2. The van der Waals surface area contributed by atoms with Crippen LogP contribution in [0.5, 0.6) is 11.5 Å². The van der Waals surface area contributed by atoms with Crippen molar-refractivity contribution in [3.63, 3.8) is 0 Å². The van der Waals surface area contributed by atoms with Gasteiger partial charge in [-0.2, -0.15) is 0 Å². The van der Waals surface area contributed by atoms with Gasteiger partial charge in [-0.05, 0) is 63.6 Å². The molecule has 1 fully saturated rings. The Kier molecular flexibility index (Phi) is 11.2. The highest BCUT2D eigenvalue weighted by molar-refractivity contribution is 6.52. The summed E-state index contributed by atoms with van der Waals surface area (Å²) in [6.07, 6.45) is 0. The maximum atomic E-state index is 6.65. The molecular weight excluding hydrogens is 478 g/mol. The molecule has 3 rings (SSSR count). The molecule has 1 aliphatic carbocycles. The van der Waals surface area contributed by atoms with Gasteiger partial charge >= 0.3 is 0 Å². The van der Waals surface area contributed by atoms with Crippen LogP contribution in [0.25, 0.3) is 0 Å². The molecule has 0 spiro atoms. The van der Waals surface area contributed by atoms with E-state index >= 15 is 0 Å². The minimum absolute atomic E-state index is 0. The maximum Gasteiger partial charge on any atom is 0.133 e. The monoisotopic (exact) mass is 508 g/mol. The highest BCUT2D eigenvalue weighted by Gasteiger charge is 2.64. The molecule has 0 radical (unpaired) electrons. The van der Waals surface area contributed by atoms with Gasteiger partial charge in [0.2, 0.25) is 0 Å². The van der Waals surface area contributed by atoms with Crippen LogP contribution < -0.4 is 9.47 Å². The lowest BCUT2D eigenvalue weighted by Gasteiger charge is -2.11. The van der Waals surface area contributed by atoms with Crippen LogP contribution in [0, 0.1) is 0 Å². The number of hydrogen-bond acceptors (Lipinski definition) is 4. The second-order valence-electron chi connectivity index (χ2n) is 8.07. The predicted octanol–water partition coefficient (Wildman–Crippen LogP) is 5.47. The minimum atomic E-state index is -0.791. The fraction of sp³-hybridized carbons (Fsp3) is 0.478. The Balaban J connectivity index is 0.00000240. The normalized spacial score (nSPS) is 18.8. The second-order valence-corrected chi connectivity index (χ2v) is 9.52. The summed E-state index contributed by atoms with van der Waals surface area (Å²) in [5, 5.41) is 0. The lowest BCUT2D eigenvalue weighted by Crippen LogP contribution is -2.19.